The van der Waals surface area contributed by atoms with Gasteiger partial charge in [-0.25, -0.2) is 13.2 Å². The van der Waals surface area contributed by atoms with Gasteiger partial charge in [0.25, 0.3) is 15.9 Å². The average molecular weight is 498 g/mol. The van der Waals surface area contributed by atoms with Crippen molar-refractivity contribution in [3.05, 3.63) is 52.6 Å². The Kier molecular flexibility index (Phi) is 7.29. The number of hydrogen-bond donors (Lipinski definition) is 1. The lowest BCUT2D eigenvalue weighted by Gasteiger charge is -2.16. The summed E-state index contributed by atoms with van der Waals surface area (Å²) in [4.78, 5) is 16.1. The second-order valence-corrected chi connectivity index (χ2v) is 8.53. The van der Waals surface area contributed by atoms with Crippen molar-refractivity contribution in [2.45, 2.75) is 18.4 Å². The molecule has 3 rings (SSSR count). The van der Waals surface area contributed by atoms with Crippen LogP contribution in [0.4, 0.5) is 5.69 Å². The Morgan fingerprint density at radius 2 is 1.76 bits per heavy atom. The highest BCUT2D eigenvalue weighted by atomic mass is 35.5. The summed E-state index contributed by atoms with van der Waals surface area (Å²) in [6.07, 6.45) is 0. The van der Waals surface area contributed by atoms with E-state index in [-0.39, 0.29) is 45.2 Å². The fourth-order valence-corrected chi connectivity index (χ4v) is 4.26. The first-order chi connectivity index (χ1) is 15.7. The standard InChI is InChI=1S/C20H20ClN3O8S/c1-11-22-19(32-23-11)10-31-20(25)12-5-6-15(28-2)18(7-12)33(26,27)24-14-8-13(21)16(29-3)9-17(14)30-4/h5-9,24H,10H2,1-4H3. The molecule has 176 valence electrons. The van der Waals surface area contributed by atoms with E-state index < -0.39 is 16.0 Å². The van der Waals surface area contributed by atoms with Crippen molar-refractivity contribution in [1.82, 2.24) is 10.1 Å². The van der Waals surface area contributed by atoms with E-state index in [1.165, 1.54) is 45.6 Å². The van der Waals surface area contributed by atoms with Crippen LogP contribution < -0.4 is 18.9 Å². The molecule has 0 aliphatic heterocycles. The molecular weight excluding hydrogens is 478 g/mol. The molecule has 1 heterocycles. The number of halogens is 1. The SMILES string of the molecule is COc1cc(OC)c(NS(=O)(=O)c2cc(C(=O)OCc3nc(C)no3)ccc2OC)cc1Cl. The summed E-state index contributed by atoms with van der Waals surface area (Å²) in [5, 5.41) is 3.76. The highest BCUT2D eigenvalue weighted by molar-refractivity contribution is 7.92. The van der Waals surface area contributed by atoms with E-state index in [0.717, 1.165) is 6.07 Å². The molecule has 0 aliphatic carbocycles. The number of esters is 1. The number of carbonyl (C=O) groups is 1. The van der Waals surface area contributed by atoms with Crippen LogP contribution in [-0.2, 0) is 21.4 Å². The Balaban J connectivity index is 1.90. The first-order valence-corrected chi connectivity index (χ1v) is 11.1. The van der Waals surface area contributed by atoms with Gasteiger partial charge in [0.15, 0.2) is 12.4 Å². The molecule has 2 aromatic carbocycles. The van der Waals surface area contributed by atoms with Crippen molar-refractivity contribution in [2.24, 2.45) is 0 Å². The van der Waals surface area contributed by atoms with E-state index in [9.17, 15) is 13.2 Å². The number of sulfonamides is 1. The molecule has 33 heavy (non-hydrogen) atoms. The van der Waals surface area contributed by atoms with E-state index in [1.54, 1.807) is 6.92 Å². The van der Waals surface area contributed by atoms with Gasteiger partial charge >= 0.3 is 5.97 Å². The lowest BCUT2D eigenvalue weighted by atomic mass is 10.2. The molecule has 0 atom stereocenters. The summed E-state index contributed by atoms with van der Waals surface area (Å²) in [7, 11) is -0.167. The van der Waals surface area contributed by atoms with E-state index in [0.29, 0.717) is 11.6 Å². The average Bonchev–Trinajstić information content (AvgIpc) is 3.22. The van der Waals surface area contributed by atoms with Crippen LogP contribution in [0.3, 0.4) is 0 Å². The molecule has 0 bridgehead atoms. The fraction of sp³-hybridized carbons (Fsp3) is 0.250. The Morgan fingerprint density at radius 1 is 1.06 bits per heavy atom. The summed E-state index contributed by atoms with van der Waals surface area (Å²) in [5.41, 5.74) is 0.0252. The van der Waals surface area contributed by atoms with Crippen LogP contribution in [0.2, 0.25) is 5.02 Å². The normalized spacial score (nSPS) is 11.1. The molecule has 1 N–H and O–H groups in total. The largest absolute Gasteiger partial charge is 0.495 e. The van der Waals surface area contributed by atoms with Gasteiger partial charge in [-0.15, -0.1) is 0 Å². The van der Waals surface area contributed by atoms with Gasteiger partial charge in [-0.2, -0.15) is 4.98 Å². The number of carbonyl (C=O) groups excluding carboxylic acids is 1. The van der Waals surface area contributed by atoms with Gasteiger partial charge in [-0.05, 0) is 31.2 Å². The van der Waals surface area contributed by atoms with Gasteiger partial charge < -0.3 is 23.5 Å². The highest BCUT2D eigenvalue weighted by Crippen LogP contribution is 2.37. The Morgan fingerprint density at radius 3 is 2.36 bits per heavy atom. The van der Waals surface area contributed by atoms with E-state index in [2.05, 4.69) is 14.9 Å². The zero-order chi connectivity index (χ0) is 24.2. The number of nitrogens with one attached hydrogen (secondary N) is 1. The van der Waals surface area contributed by atoms with Crippen molar-refractivity contribution in [2.75, 3.05) is 26.1 Å². The summed E-state index contributed by atoms with van der Waals surface area (Å²) in [6, 6.07) is 6.60. The maximum absolute atomic E-state index is 13.2. The second kappa shape index (κ2) is 9.96. The fourth-order valence-electron chi connectivity index (χ4n) is 2.76. The molecule has 0 fully saturated rings. The summed E-state index contributed by atoms with van der Waals surface area (Å²) in [6.45, 7) is 1.35. The molecule has 0 aliphatic rings. The third-order valence-corrected chi connectivity index (χ3v) is 5.99. The summed E-state index contributed by atoms with van der Waals surface area (Å²) >= 11 is 6.13. The number of rotatable bonds is 9. The second-order valence-electron chi connectivity index (χ2n) is 6.47. The molecule has 3 aromatic rings. The Hall–Kier alpha value is -3.51. The van der Waals surface area contributed by atoms with E-state index in [4.69, 9.17) is 35.1 Å². The van der Waals surface area contributed by atoms with Gasteiger partial charge in [0.2, 0.25) is 0 Å². The van der Waals surface area contributed by atoms with E-state index >= 15 is 0 Å². The number of methoxy groups -OCH3 is 3. The Bertz CT molecular complexity index is 1280. The minimum Gasteiger partial charge on any atom is -0.495 e. The maximum atomic E-state index is 13.2. The monoisotopic (exact) mass is 497 g/mol. The first kappa shape index (κ1) is 24.1. The van der Waals surface area contributed by atoms with Crippen molar-refractivity contribution >= 4 is 33.3 Å². The van der Waals surface area contributed by atoms with Crippen molar-refractivity contribution < 1.29 is 36.7 Å². The minimum atomic E-state index is -4.25. The first-order valence-electron chi connectivity index (χ1n) is 9.27. The van der Waals surface area contributed by atoms with Crippen molar-refractivity contribution in [3.63, 3.8) is 0 Å². The number of aryl methyl sites for hydroxylation is 1. The highest BCUT2D eigenvalue weighted by Gasteiger charge is 2.24. The van der Waals surface area contributed by atoms with Crippen LogP contribution >= 0.6 is 11.6 Å². The van der Waals surface area contributed by atoms with Gasteiger partial charge in [-0.1, -0.05) is 16.8 Å². The zero-order valence-corrected chi connectivity index (χ0v) is 19.6. The molecule has 0 spiro atoms. The van der Waals surface area contributed by atoms with Gasteiger partial charge in [0.05, 0.1) is 37.6 Å². The van der Waals surface area contributed by atoms with Crippen LogP contribution in [0.25, 0.3) is 0 Å². The number of ether oxygens (including phenoxy) is 4. The van der Waals surface area contributed by atoms with Crippen LogP contribution in [0.5, 0.6) is 17.2 Å². The van der Waals surface area contributed by atoms with Crippen LogP contribution in [0.15, 0.2) is 39.8 Å². The molecule has 0 radical (unpaired) electrons. The van der Waals surface area contributed by atoms with E-state index in [1.807, 2.05) is 0 Å². The molecule has 1 aromatic heterocycles. The maximum Gasteiger partial charge on any atom is 0.338 e. The summed E-state index contributed by atoms with van der Waals surface area (Å²) < 4.78 is 54.2. The summed E-state index contributed by atoms with van der Waals surface area (Å²) in [5.74, 6) is 0.172. The Labute approximate surface area is 194 Å². The molecular formula is C20H20ClN3O8S. The molecule has 11 nitrogen and oxygen atoms in total. The predicted octanol–water partition coefficient (Wildman–Crippen LogP) is 3.22. The quantitative estimate of drug-likeness (QED) is 0.438. The number of nitrogens with zero attached hydrogens (tertiary/aromatic N) is 2. The number of anilines is 1. The molecule has 0 saturated heterocycles. The van der Waals surface area contributed by atoms with Gasteiger partial charge in [0.1, 0.15) is 22.1 Å². The van der Waals surface area contributed by atoms with Gasteiger partial charge in [0, 0.05) is 6.07 Å². The minimum absolute atomic E-state index is 0.00477. The van der Waals surface area contributed by atoms with Crippen molar-refractivity contribution in [3.8, 4) is 17.2 Å². The molecule has 0 unspecified atom stereocenters. The smallest absolute Gasteiger partial charge is 0.338 e. The van der Waals surface area contributed by atoms with Crippen LogP contribution in [0, 0.1) is 6.92 Å². The predicted molar refractivity (Wildman–Crippen MR) is 117 cm³/mol. The third-order valence-electron chi connectivity index (χ3n) is 4.30. The van der Waals surface area contributed by atoms with Crippen LogP contribution in [-0.4, -0.2) is 45.9 Å². The lowest BCUT2D eigenvalue weighted by molar-refractivity contribution is 0.0429. The molecule has 0 saturated carbocycles. The van der Waals surface area contributed by atoms with Crippen LogP contribution in [0.1, 0.15) is 22.1 Å². The number of hydrogen-bond acceptors (Lipinski definition) is 10. The lowest BCUT2D eigenvalue weighted by Crippen LogP contribution is -2.16. The number of benzene rings is 2. The zero-order valence-electron chi connectivity index (χ0n) is 18.0. The topological polar surface area (TPSA) is 139 Å². The third kappa shape index (κ3) is 5.46. The van der Waals surface area contributed by atoms with Crippen molar-refractivity contribution in [1.29, 1.82) is 0 Å². The van der Waals surface area contributed by atoms with Gasteiger partial charge in [-0.3, -0.25) is 4.72 Å². The molecule has 0 amide bonds. The number of aromatic nitrogens is 2. The molecule has 13 heteroatoms.